The van der Waals surface area contributed by atoms with Crippen molar-refractivity contribution in [2.75, 3.05) is 11.9 Å². The molecule has 1 N–H and O–H groups in total. The average molecular weight is 360 g/mol. The number of hydrogen-bond donors (Lipinski definition) is 1. The van der Waals surface area contributed by atoms with Crippen molar-refractivity contribution in [2.45, 2.75) is 20.0 Å². The summed E-state index contributed by atoms with van der Waals surface area (Å²) in [6.07, 6.45) is -4.47. The van der Waals surface area contributed by atoms with E-state index in [2.05, 4.69) is 31.2 Å². The Bertz CT molecular complexity index is 656. The summed E-state index contributed by atoms with van der Waals surface area (Å²) in [6, 6.07) is 5.65. The Kier molecular flexibility index (Phi) is 4.51. The fourth-order valence-corrected chi connectivity index (χ4v) is 2.27. The van der Waals surface area contributed by atoms with Crippen LogP contribution < -0.4 is 5.32 Å². The number of rotatable bonds is 3. The number of anilines is 1. The molecule has 21 heavy (non-hydrogen) atoms. The first-order valence-electron chi connectivity index (χ1n) is 6.28. The third-order valence-corrected chi connectivity index (χ3v) is 3.23. The topological polar surface area (TPSA) is 37.8 Å². The quantitative estimate of drug-likeness (QED) is 0.865. The lowest BCUT2D eigenvalue weighted by molar-refractivity contribution is -0.137. The fraction of sp³-hybridized carbons (Fsp3) is 0.286. The highest BCUT2D eigenvalue weighted by Crippen LogP contribution is 2.37. The van der Waals surface area contributed by atoms with Crippen molar-refractivity contribution < 1.29 is 13.2 Å². The number of nitrogens with zero attached hydrogens (tertiary/aromatic N) is 2. The minimum Gasteiger partial charge on any atom is -0.370 e. The minimum absolute atomic E-state index is 0.0337. The molecule has 0 aliphatic rings. The van der Waals surface area contributed by atoms with E-state index in [1.54, 1.807) is 19.1 Å². The van der Waals surface area contributed by atoms with Gasteiger partial charge in [-0.15, -0.1) is 0 Å². The second kappa shape index (κ2) is 6.01. The molecule has 0 unspecified atom stereocenters. The highest BCUT2D eigenvalue weighted by Gasteiger charge is 2.34. The molecule has 2 rings (SSSR count). The van der Waals surface area contributed by atoms with Gasteiger partial charge in [0.15, 0.2) is 5.82 Å². The van der Waals surface area contributed by atoms with E-state index in [0.29, 0.717) is 22.5 Å². The van der Waals surface area contributed by atoms with Crippen LogP contribution in [0.4, 0.5) is 19.0 Å². The van der Waals surface area contributed by atoms with Crippen molar-refractivity contribution in [1.29, 1.82) is 0 Å². The molecular formula is C14H13BrF3N3. The van der Waals surface area contributed by atoms with Crippen LogP contribution in [0.1, 0.15) is 18.2 Å². The molecule has 0 bridgehead atoms. The highest BCUT2D eigenvalue weighted by atomic mass is 79.9. The third-order valence-electron chi connectivity index (χ3n) is 2.74. The van der Waals surface area contributed by atoms with E-state index in [4.69, 9.17) is 0 Å². The maximum atomic E-state index is 13.2. The zero-order chi connectivity index (χ0) is 15.6. The van der Waals surface area contributed by atoms with Gasteiger partial charge in [0.1, 0.15) is 5.82 Å². The van der Waals surface area contributed by atoms with Crippen LogP contribution in [0.25, 0.3) is 11.4 Å². The highest BCUT2D eigenvalue weighted by molar-refractivity contribution is 9.10. The van der Waals surface area contributed by atoms with Crippen molar-refractivity contribution in [1.82, 2.24) is 9.97 Å². The number of alkyl halides is 3. The molecule has 112 valence electrons. The average Bonchev–Trinajstić information content (AvgIpc) is 2.37. The Morgan fingerprint density at radius 3 is 2.52 bits per heavy atom. The largest absolute Gasteiger partial charge is 0.417 e. The molecule has 1 aromatic carbocycles. The normalized spacial score (nSPS) is 11.5. The van der Waals surface area contributed by atoms with Crippen LogP contribution in [-0.2, 0) is 6.18 Å². The minimum atomic E-state index is -4.47. The molecule has 3 nitrogen and oxygen atoms in total. The molecule has 0 spiro atoms. The van der Waals surface area contributed by atoms with Gasteiger partial charge in [-0.2, -0.15) is 13.2 Å². The van der Waals surface area contributed by atoms with E-state index in [9.17, 15) is 13.2 Å². The summed E-state index contributed by atoms with van der Waals surface area (Å²) in [7, 11) is 0. The Morgan fingerprint density at radius 1 is 1.19 bits per heavy atom. The van der Waals surface area contributed by atoms with Gasteiger partial charge < -0.3 is 5.32 Å². The van der Waals surface area contributed by atoms with E-state index < -0.39 is 11.7 Å². The molecule has 0 radical (unpaired) electrons. The van der Waals surface area contributed by atoms with Crippen molar-refractivity contribution in [3.63, 3.8) is 0 Å². The lowest BCUT2D eigenvalue weighted by atomic mass is 10.1. The monoisotopic (exact) mass is 359 g/mol. The maximum absolute atomic E-state index is 13.2. The molecule has 0 aliphatic carbocycles. The van der Waals surface area contributed by atoms with Gasteiger partial charge >= 0.3 is 6.18 Å². The fourth-order valence-electron chi connectivity index (χ4n) is 1.91. The summed E-state index contributed by atoms with van der Waals surface area (Å²) in [5, 5.41) is 2.99. The predicted octanol–water partition coefficient (Wildman–Crippen LogP) is 4.67. The third kappa shape index (κ3) is 3.72. The van der Waals surface area contributed by atoms with Gasteiger partial charge in [-0.1, -0.05) is 15.9 Å². The maximum Gasteiger partial charge on any atom is 0.417 e. The van der Waals surface area contributed by atoms with Gasteiger partial charge in [0.2, 0.25) is 0 Å². The second-order valence-corrected chi connectivity index (χ2v) is 5.35. The van der Waals surface area contributed by atoms with Crippen molar-refractivity contribution >= 4 is 21.7 Å². The molecule has 2 aromatic rings. The number of aryl methyl sites for hydroxylation is 1. The molecular weight excluding hydrogens is 347 g/mol. The number of aromatic nitrogens is 2. The molecule has 1 aromatic heterocycles. The molecule has 1 heterocycles. The number of nitrogens with one attached hydrogen (secondary N) is 1. The zero-order valence-corrected chi connectivity index (χ0v) is 13.0. The van der Waals surface area contributed by atoms with E-state index >= 15 is 0 Å². The number of hydrogen-bond acceptors (Lipinski definition) is 3. The molecule has 0 saturated carbocycles. The Labute approximate surface area is 128 Å². The van der Waals surface area contributed by atoms with Crippen LogP contribution in [0.5, 0.6) is 0 Å². The first kappa shape index (κ1) is 15.8. The predicted molar refractivity (Wildman–Crippen MR) is 79.1 cm³/mol. The van der Waals surface area contributed by atoms with E-state index in [0.717, 1.165) is 6.07 Å². The summed E-state index contributed by atoms with van der Waals surface area (Å²) >= 11 is 3.06. The van der Waals surface area contributed by atoms with Gasteiger partial charge in [0.25, 0.3) is 0 Å². The molecule has 0 atom stereocenters. The molecule has 0 fully saturated rings. The Hall–Kier alpha value is -1.63. The summed E-state index contributed by atoms with van der Waals surface area (Å²) in [6.45, 7) is 4.23. The molecule has 0 saturated heterocycles. The van der Waals surface area contributed by atoms with Gasteiger partial charge in [-0.3, -0.25) is 0 Å². The first-order valence-corrected chi connectivity index (χ1v) is 7.07. The van der Waals surface area contributed by atoms with Gasteiger partial charge in [-0.25, -0.2) is 9.97 Å². The lowest BCUT2D eigenvalue weighted by Crippen LogP contribution is -2.09. The van der Waals surface area contributed by atoms with Crippen LogP contribution in [0.2, 0.25) is 0 Å². The van der Waals surface area contributed by atoms with Crippen LogP contribution >= 0.6 is 15.9 Å². The Morgan fingerprint density at radius 2 is 1.90 bits per heavy atom. The molecule has 0 amide bonds. The number of benzene rings is 1. The first-order chi connectivity index (χ1) is 9.81. The summed E-state index contributed by atoms with van der Waals surface area (Å²) in [5.74, 6) is 0.571. The van der Waals surface area contributed by atoms with Gasteiger partial charge in [0.05, 0.1) is 5.56 Å². The number of halogens is 4. The van der Waals surface area contributed by atoms with Gasteiger partial charge in [-0.05, 0) is 32.0 Å². The summed E-state index contributed by atoms with van der Waals surface area (Å²) in [4.78, 5) is 8.28. The van der Waals surface area contributed by atoms with Gasteiger partial charge in [0, 0.05) is 28.3 Å². The smallest absolute Gasteiger partial charge is 0.370 e. The van der Waals surface area contributed by atoms with E-state index in [-0.39, 0.29) is 11.4 Å². The lowest BCUT2D eigenvalue weighted by Gasteiger charge is -2.13. The molecule has 7 heteroatoms. The van der Waals surface area contributed by atoms with Crippen LogP contribution in [0.15, 0.2) is 28.7 Å². The van der Waals surface area contributed by atoms with E-state index in [1.807, 2.05) is 6.92 Å². The SMILES string of the molecule is CCNc1cc(C)nc(-c2ccc(Br)cc2C(F)(F)F)n1. The Balaban J connectivity index is 2.61. The zero-order valence-electron chi connectivity index (χ0n) is 11.4. The van der Waals surface area contributed by atoms with Crippen molar-refractivity contribution in [2.24, 2.45) is 0 Å². The van der Waals surface area contributed by atoms with Crippen molar-refractivity contribution in [3.8, 4) is 11.4 Å². The molecule has 0 aliphatic heterocycles. The van der Waals surface area contributed by atoms with Crippen LogP contribution in [-0.4, -0.2) is 16.5 Å². The standard InChI is InChI=1S/C14H13BrF3N3/c1-3-19-12-6-8(2)20-13(21-12)10-5-4-9(15)7-11(10)14(16,17)18/h4-7H,3H2,1-2H3,(H,19,20,21). The second-order valence-electron chi connectivity index (χ2n) is 4.44. The van der Waals surface area contributed by atoms with Crippen molar-refractivity contribution in [3.05, 3.63) is 40.0 Å². The van der Waals surface area contributed by atoms with Crippen LogP contribution in [0.3, 0.4) is 0 Å². The summed E-state index contributed by atoms with van der Waals surface area (Å²) in [5.41, 5.74) is -0.189. The summed E-state index contributed by atoms with van der Waals surface area (Å²) < 4.78 is 39.9. The van der Waals surface area contributed by atoms with Crippen LogP contribution in [0, 0.1) is 6.92 Å². The van der Waals surface area contributed by atoms with E-state index in [1.165, 1.54) is 6.07 Å².